The van der Waals surface area contributed by atoms with Crippen LogP contribution in [0.25, 0.3) is 0 Å². The number of imidazole rings is 1. The Morgan fingerprint density at radius 1 is 1.40 bits per heavy atom. The van der Waals surface area contributed by atoms with Crippen LogP contribution < -0.4 is 9.47 Å². The lowest BCUT2D eigenvalue weighted by Gasteiger charge is -2.08. The van der Waals surface area contributed by atoms with E-state index in [1.165, 1.54) is 6.20 Å². The summed E-state index contributed by atoms with van der Waals surface area (Å²) in [5.41, 5.74) is 0.0242. The average molecular weight is 276 g/mol. The van der Waals surface area contributed by atoms with Gasteiger partial charge in [-0.15, -0.1) is 0 Å². The molecule has 1 aromatic heterocycles. The molecule has 0 atom stereocenters. The van der Waals surface area contributed by atoms with Gasteiger partial charge in [0.1, 0.15) is 23.9 Å². The maximum Gasteiger partial charge on any atom is 0.356 e. The van der Waals surface area contributed by atoms with Crippen molar-refractivity contribution in [2.24, 2.45) is 0 Å². The van der Waals surface area contributed by atoms with Gasteiger partial charge < -0.3 is 19.1 Å². The predicted octanol–water partition coefficient (Wildman–Crippen LogP) is 2.19. The fourth-order valence-corrected chi connectivity index (χ4v) is 1.79. The Bertz CT molecular complexity index is 607. The number of nitrogens with zero attached hydrogens (tertiary/aromatic N) is 2. The first-order valence-corrected chi connectivity index (χ1v) is 6.20. The summed E-state index contributed by atoms with van der Waals surface area (Å²) in [6, 6.07) is 7.21. The van der Waals surface area contributed by atoms with E-state index in [1.54, 1.807) is 23.8 Å². The third kappa shape index (κ3) is 3.09. The van der Waals surface area contributed by atoms with Crippen LogP contribution in [0.4, 0.5) is 0 Å². The van der Waals surface area contributed by atoms with Gasteiger partial charge in [0, 0.05) is 18.8 Å². The van der Waals surface area contributed by atoms with Crippen molar-refractivity contribution in [3.8, 4) is 11.5 Å². The molecule has 0 radical (unpaired) electrons. The monoisotopic (exact) mass is 276 g/mol. The molecule has 0 spiro atoms. The first kappa shape index (κ1) is 13.9. The highest BCUT2D eigenvalue weighted by Crippen LogP contribution is 2.19. The zero-order valence-electron chi connectivity index (χ0n) is 11.4. The highest BCUT2D eigenvalue weighted by molar-refractivity contribution is 5.85. The third-order valence-corrected chi connectivity index (χ3v) is 2.83. The smallest absolute Gasteiger partial charge is 0.356 e. The quantitative estimate of drug-likeness (QED) is 0.875. The highest BCUT2D eigenvalue weighted by atomic mass is 16.5. The Morgan fingerprint density at radius 3 is 2.80 bits per heavy atom. The fourth-order valence-electron chi connectivity index (χ4n) is 1.79. The molecular formula is C14H16N2O4. The largest absolute Gasteiger partial charge is 0.497 e. The second-order valence-electron chi connectivity index (χ2n) is 4.10. The van der Waals surface area contributed by atoms with E-state index in [2.05, 4.69) is 4.98 Å². The zero-order valence-corrected chi connectivity index (χ0v) is 11.4. The van der Waals surface area contributed by atoms with Crippen molar-refractivity contribution in [2.45, 2.75) is 20.1 Å². The number of aromatic nitrogens is 2. The molecule has 1 aromatic carbocycles. The fraction of sp³-hybridized carbons (Fsp3) is 0.286. The van der Waals surface area contributed by atoms with Crippen LogP contribution in [0.3, 0.4) is 0 Å². The van der Waals surface area contributed by atoms with Crippen molar-refractivity contribution in [2.75, 3.05) is 7.11 Å². The van der Waals surface area contributed by atoms with E-state index >= 15 is 0 Å². The van der Waals surface area contributed by atoms with Crippen LogP contribution in [0.1, 0.15) is 23.2 Å². The summed E-state index contributed by atoms with van der Waals surface area (Å²) in [5.74, 6) is 0.881. The van der Waals surface area contributed by atoms with Crippen LogP contribution in [-0.4, -0.2) is 27.7 Å². The molecule has 20 heavy (non-hydrogen) atoms. The van der Waals surface area contributed by atoms with Crippen LogP contribution in [0, 0.1) is 0 Å². The molecule has 0 saturated heterocycles. The van der Waals surface area contributed by atoms with E-state index in [-0.39, 0.29) is 12.3 Å². The molecule has 0 saturated carbocycles. The van der Waals surface area contributed by atoms with Gasteiger partial charge in [-0.3, -0.25) is 0 Å². The van der Waals surface area contributed by atoms with Crippen molar-refractivity contribution < 1.29 is 19.4 Å². The van der Waals surface area contributed by atoms with Crippen LogP contribution in [0.2, 0.25) is 0 Å². The maximum atomic E-state index is 10.9. The van der Waals surface area contributed by atoms with Crippen molar-refractivity contribution >= 4 is 5.97 Å². The number of aryl methyl sites for hydroxylation is 1. The molecule has 0 aliphatic heterocycles. The molecule has 0 fully saturated rings. The van der Waals surface area contributed by atoms with Gasteiger partial charge in [-0.05, 0) is 19.1 Å². The number of carbonyl (C=O) groups is 1. The number of benzene rings is 1. The van der Waals surface area contributed by atoms with E-state index in [0.29, 0.717) is 23.9 Å². The van der Waals surface area contributed by atoms with E-state index < -0.39 is 5.97 Å². The second kappa shape index (κ2) is 6.10. The van der Waals surface area contributed by atoms with Crippen molar-refractivity contribution in [3.05, 3.63) is 42.0 Å². The van der Waals surface area contributed by atoms with E-state index in [9.17, 15) is 4.79 Å². The molecule has 2 aromatic rings. The molecule has 0 aliphatic carbocycles. The number of hydrogen-bond donors (Lipinski definition) is 1. The normalized spacial score (nSPS) is 10.3. The number of carboxylic acids is 1. The SMILES string of the molecule is CCn1cc(C(=O)O)nc1COc1cccc(OC)c1. The van der Waals surface area contributed by atoms with E-state index in [4.69, 9.17) is 14.6 Å². The van der Waals surface area contributed by atoms with Gasteiger partial charge in [-0.1, -0.05) is 6.07 Å². The summed E-state index contributed by atoms with van der Waals surface area (Å²) >= 11 is 0. The molecule has 106 valence electrons. The minimum absolute atomic E-state index is 0.0242. The van der Waals surface area contributed by atoms with E-state index in [1.807, 2.05) is 19.1 Å². The lowest BCUT2D eigenvalue weighted by atomic mass is 10.3. The second-order valence-corrected chi connectivity index (χ2v) is 4.10. The lowest BCUT2D eigenvalue weighted by molar-refractivity contribution is 0.0690. The Balaban J connectivity index is 2.11. The molecule has 0 bridgehead atoms. The van der Waals surface area contributed by atoms with Crippen LogP contribution in [0.5, 0.6) is 11.5 Å². The van der Waals surface area contributed by atoms with Gasteiger partial charge in [0.25, 0.3) is 0 Å². The van der Waals surface area contributed by atoms with Gasteiger partial charge in [0.05, 0.1) is 7.11 Å². The van der Waals surface area contributed by atoms with Crippen LogP contribution >= 0.6 is 0 Å². The van der Waals surface area contributed by atoms with Gasteiger partial charge in [0.2, 0.25) is 0 Å². The van der Waals surface area contributed by atoms with Crippen molar-refractivity contribution in [1.29, 1.82) is 0 Å². The first-order valence-electron chi connectivity index (χ1n) is 6.20. The first-order chi connectivity index (χ1) is 9.63. The molecule has 6 nitrogen and oxygen atoms in total. The highest BCUT2D eigenvalue weighted by Gasteiger charge is 2.12. The van der Waals surface area contributed by atoms with Gasteiger partial charge >= 0.3 is 5.97 Å². The van der Waals surface area contributed by atoms with Crippen molar-refractivity contribution in [1.82, 2.24) is 9.55 Å². The topological polar surface area (TPSA) is 73.6 Å². The molecule has 6 heteroatoms. The van der Waals surface area contributed by atoms with Crippen LogP contribution in [-0.2, 0) is 13.2 Å². The van der Waals surface area contributed by atoms with Crippen molar-refractivity contribution in [3.63, 3.8) is 0 Å². The predicted molar refractivity (Wildman–Crippen MR) is 72.2 cm³/mol. The summed E-state index contributed by atoms with van der Waals surface area (Å²) in [6.45, 7) is 2.76. The van der Waals surface area contributed by atoms with Gasteiger partial charge in [0.15, 0.2) is 5.69 Å². The van der Waals surface area contributed by atoms with Crippen LogP contribution in [0.15, 0.2) is 30.5 Å². The minimum atomic E-state index is -1.04. The van der Waals surface area contributed by atoms with Gasteiger partial charge in [-0.25, -0.2) is 9.78 Å². The summed E-state index contributed by atoms with van der Waals surface area (Å²) < 4.78 is 12.5. The average Bonchev–Trinajstić information content (AvgIpc) is 2.89. The third-order valence-electron chi connectivity index (χ3n) is 2.83. The van der Waals surface area contributed by atoms with Gasteiger partial charge in [-0.2, -0.15) is 0 Å². The number of ether oxygens (including phenoxy) is 2. The van der Waals surface area contributed by atoms with E-state index in [0.717, 1.165) is 0 Å². The Hall–Kier alpha value is -2.50. The summed E-state index contributed by atoms with van der Waals surface area (Å²) in [7, 11) is 1.59. The zero-order chi connectivity index (χ0) is 14.5. The molecule has 0 aliphatic rings. The number of rotatable bonds is 6. The number of hydrogen-bond acceptors (Lipinski definition) is 4. The summed E-state index contributed by atoms with van der Waals surface area (Å²) in [5, 5.41) is 8.94. The Labute approximate surface area is 116 Å². The molecule has 1 N–H and O–H groups in total. The molecule has 0 unspecified atom stereocenters. The summed E-state index contributed by atoms with van der Waals surface area (Å²) in [6.07, 6.45) is 1.51. The molecular weight excluding hydrogens is 260 g/mol. The Kier molecular flexibility index (Phi) is 4.24. The molecule has 1 heterocycles. The number of methoxy groups -OCH3 is 1. The minimum Gasteiger partial charge on any atom is -0.497 e. The summed E-state index contributed by atoms with van der Waals surface area (Å²) in [4.78, 5) is 15.0. The maximum absolute atomic E-state index is 10.9. The lowest BCUT2D eigenvalue weighted by Crippen LogP contribution is -2.05. The Morgan fingerprint density at radius 2 is 2.15 bits per heavy atom. The molecule has 0 amide bonds. The number of aromatic carboxylic acids is 1. The molecule has 2 rings (SSSR count). The standard InChI is InChI=1S/C14H16N2O4/c1-3-16-8-12(14(17)18)15-13(16)9-20-11-6-4-5-10(7-11)19-2/h4-8H,3,9H2,1-2H3,(H,17,18). The number of carboxylic acid groups (broad SMARTS) is 1.